The first-order valence-electron chi connectivity index (χ1n) is 6.15. The Morgan fingerprint density at radius 1 is 1.47 bits per heavy atom. The van der Waals surface area contributed by atoms with Gasteiger partial charge in [0.05, 0.1) is 16.7 Å². The van der Waals surface area contributed by atoms with E-state index in [0.29, 0.717) is 24.6 Å². The van der Waals surface area contributed by atoms with Gasteiger partial charge in [-0.15, -0.1) is 0 Å². The third kappa shape index (κ3) is 2.92. The van der Waals surface area contributed by atoms with Crippen LogP contribution in [0.2, 0.25) is 5.02 Å². The SMILES string of the molecule is CC1CCCN(S(=O)(=O)c2ccc(C#N)cc2Cl)C1. The Balaban J connectivity index is 2.37. The normalized spacial score (nSPS) is 21.0. The maximum Gasteiger partial charge on any atom is 0.244 e. The maximum atomic E-state index is 12.5. The second-order valence-electron chi connectivity index (χ2n) is 4.87. The second-order valence-corrected chi connectivity index (χ2v) is 7.18. The van der Waals surface area contributed by atoms with Gasteiger partial charge in [-0.2, -0.15) is 9.57 Å². The first kappa shape index (κ1) is 14.3. The number of nitrogens with zero attached hydrogens (tertiary/aromatic N) is 2. The Kier molecular flexibility index (Phi) is 4.14. The van der Waals surface area contributed by atoms with E-state index in [1.807, 2.05) is 13.0 Å². The summed E-state index contributed by atoms with van der Waals surface area (Å²) in [6.45, 7) is 3.10. The van der Waals surface area contributed by atoms with E-state index in [0.717, 1.165) is 12.8 Å². The molecule has 0 aliphatic carbocycles. The molecule has 1 aromatic rings. The van der Waals surface area contributed by atoms with E-state index in [1.54, 1.807) is 0 Å². The van der Waals surface area contributed by atoms with E-state index >= 15 is 0 Å². The molecule has 1 aromatic carbocycles. The van der Waals surface area contributed by atoms with Crippen LogP contribution in [0.25, 0.3) is 0 Å². The molecule has 1 atom stereocenters. The summed E-state index contributed by atoms with van der Waals surface area (Å²) in [5.41, 5.74) is 0.357. The molecule has 1 saturated heterocycles. The zero-order chi connectivity index (χ0) is 14.0. The van der Waals surface area contributed by atoms with E-state index in [2.05, 4.69) is 0 Å². The molecular weight excluding hydrogens is 284 g/mol. The lowest BCUT2D eigenvalue weighted by molar-refractivity contribution is 0.281. The Hall–Kier alpha value is -1.09. The number of benzene rings is 1. The van der Waals surface area contributed by atoms with Crippen LogP contribution in [0.4, 0.5) is 0 Å². The molecule has 1 unspecified atom stereocenters. The van der Waals surface area contributed by atoms with Crippen LogP contribution in [0.1, 0.15) is 25.3 Å². The summed E-state index contributed by atoms with van der Waals surface area (Å²) in [7, 11) is -3.56. The molecule has 1 fully saturated rings. The largest absolute Gasteiger partial charge is 0.244 e. The Bertz CT molecular complexity index is 622. The highest BCUT2D eigenvalue weighted by atomic mass is 35.5. The van der Waals surface area contributed by atoms with Crippen LogP contribution >= 0.6 is 11.6 Å². The van der Waals surface area contributed by atoms with Crippen molar-refractivity contribution < 1.29 is 8.42 Å². The summed E-state index contributed by atoms with van der Waals surface area (Å²) in [6, 6.07) is 6.22. The number of piperidine rings is 1. The fourth-order valence-electron chi connectivity index (χ4n) is 2.28. The van der Waals surface area contributed by atoms with Crippen LogP contribution in [0.5, 0.6) is 0 Å². The minimum absolute atomic E-state index is 0.0854. The first-order valence-corrected chi connectivity index (χ1v) is 7.96. The molecular formula is C13H15ClN2O2S. The maximum absolute atomic E-state index is 12.5. The number of halogens is 1. The number of rotatable bonds is 2. The molecule has 0 radical (unpaired) electrons. The molecule has 4 nitrogen and oxygen atoms in total. The van der Waals surface area contributed by atoms with Gasteiger partial charge in [0.1, 0.15) is 4.90 Å². The summed E-state index contributed by atoms with van der Waals surface area (Å²) in [5.74, 6) is 0.362. The summed E-state index contributed by atoms with van der Waals surface area (Å²) in [6.07, 6.45) is 1.92. The van der Waals surface area contributed by atoms with Crippen molar-refractivity contribution in [2.75, 3.05) is 13.1 Å². The molecule has 1 heterocycles. The van der Waals surface area contributed by atoms with Crippen molar-refractivity contribution in [3.63, 3.8) is 0 Å². The fourth-order valence-corrected chi connectivity index (χ4v) is 4.40. The van der Waals surface area contributed by atoms with Crippen molar-refractivity contribution in [3.8, 4) is 6.07 Å². The highest BCUT2D eigenvalue weighted by molar-refractivity contribution is 7.89. The summed E-state index contributed by atoms with van der Waals surface area (Å²) < 4.78 is 26.5. The number of sulfonamides is 1. The molecule has 0 aromatic heterocycles. The van der Waals surface area contributed by atoms with Gasteiger partial charge in [0.25, 0.3) is 0 Å². The van der Waals surface area contributed by atoms with Crippen molar-refractivity contribution >= 4 is 21.6 Å². The minimum Gasteiger partial charge on any atom is -0.207 e. The molecule has 6 heteroatoms. The molecule has 2 rings (SSSR count). The molecule has 1 aliphatic rings. The third-order valence-corrected chi connectivity index (χ3v) is 5.65. The average molecular weight is 299 g/mol. The fraction of sp³-hybridized carbons (Fsp3) is 0.462. The van der Waals surface area contributed by atoms with Crippen molar-refractivity contribution in [2.24, 2.45) is 5.92 Å². The van der Waals surface area contributed by atoms with Gasteiger partial charge in [0, 0.05) is 13.1 Å². The monoisotopic (exact) mass is 298 g/mol. The highest BCUT2D eigenvalue weighted by Gasteiger charge is 2.30. The van der Waals surface area contributed by atoms with Crippen LogP contribution < -0.4 is 0 Å². The predicted molar refractivity (Wildman–Crippen MR) is 73.3 cm³/mol. The molecule has 0 bridgehead atoms. The smallest absolute Gasteiger partial charge is 0.207 e. The average Bonchev–Trinajstić information content (AvgIpc) is 2.38. The number of hydrogen-bond acceptors (Lipinski definition) is 3. The minimum atomic E-state index is -3.56. The number of hydrogen-bond donors (Lipinski definition) is 0. The van der Waals surface area contributed by atoms with Gasteiger partial charge in [-0.05, 0) is 37.0 Å². The van der Waals surface area contributed by atoms with Gasteiger partial charge in [0.15, 0.2) is 0 Å². The first-order chi connectivity index (χ1) is 8.95. The summed E-state index contributed by atoms with van der Waals surface area (Å²) in [5, 5.41) is 8.88. The lowest BCUT2D eigenvalue weighted by Gasteiger charge is -2.30. The van der Waals surface area contributed by atoms with E-state index in [-0.39, 0.29) is 9.92 Å². The lowest BCUT2D eigenvalue weighted by Crippen LogP contribution is -2.39. The molecule has 102 valence electrons. The molecule has 0 N–H and O–H groups in total. The topological polar surface area (TPSA) is 61.2 Å². The standard InChI is InChI=1S/C13H15ClN2O2S/c1-10-3-2-6-16(9-10)19(17,18)13-5-4-11(8-15)7-12(13)14/h4-5,7,10H,2-3,6,9H2,1H3. The zero-order valence-corrected chi connectivity index (χ0v) is 12.2. The van der Waals surface area contributed by atoms with Gasteiger partial charge < -0.3 is 0 Å². The molecule has 0 amide bonds. The summed E-state index contributed by atoms with van der Waals surface area (Å²) in [4.78, 5) is 0.0854. The van der Waals surface area contributed by atoms with Gasteiger partial charge >= 0.3 is 0 Å². The lowest BCUT2D eigenvalue weighted by atomic mass is 10.0. The quantitative estimate of drug-likeness (QED) is 0.843. The zero-order valence-electron chi connectivity index (χ0n) is 10.6. The van der Waals surface area contributed by atoms with Crippen molar-refractivity contribution in [1.29, 1.82) is 5.26 Å². The molecule has 0 spiro atoms. The highest BCUT2D eigenvalue weighted by Crippen LogP contribution is 2.28. The Labute approximate surface area is 118 Å². The van der Waals surface area contributed by atoms with Crippen LogP contribution in [0, 0.1) is 17.2 Å². The van der Waals surface area contributed by atoms with Crippen LogP contribution in [0.3, 0.4) is 0 Å². The van der Waals surface area contributed by atoms with Gasteiger partial charge in [-0.1, -0.05) is 18.5 Å². The van der Waals surface area contributed by atoms with Crippen molar-refractivity contribution in [1.82, 2.24) is 4.31 Å². The predicted octanol–water partition coefficient (Wildman–Crippen LogP) is 2.63. The van der Waals surface area contributed by atoms with Crippen molar-refractivity contribution in [3.05, 3.63) is 28.8 Å². The van der Waals surface area contributed by atoms with E-state index in [1.165, 1.54) is 22.5 Å². The Morgan fingerprint density at radius 3 is 2.79 bits per heavy atom. The summed E-state index contributed by atoms with van der Waals surface area (Å²) >= 11 is 5.99. The Morgan fingerprint density at radius 2 is 2.21 bits per heavy atom. The third-order valence-electron chi connectivity index (χ3n) is 3.30. The molecule has 19 heavy (non-hydrogen) atoms. The molecule has 0 saturated carbocycles. The van der Waals surface area contributed by atoms with Crippen LogP contribution in [-0.2, 0) is 10.0 Å². The molecule has 1 aliphatic heterocycles. The van der Waals surface area contributed by atoms with Crippen LogP contribution in [0.15, 0.2) is 23.1 Å². The van der Waals surface area contributed by atoms with Crippen molar-refractivity contribution in [2.45, 2.75) is 24.7 Å². The van der Waals surface area contributed by atoms with E-state index < -0.39 is 10.0 Å². The van der Waals surface area contributed by atoms with E-state index in [4.69, 9.17) is 16.9 Å². The number of nitriles is 1. The second kappa shape index (κ2) is 5.49. The van der Waals surface area contributed by atoms with Gasteiger partial charge in [-0.3, -0.25) is 0 Å². The van der Waals surface area contributed by atoms with Gasteiger partial charge in [-0.25, -0.2) is 8.42 Å². The van der Waals surface area contributed by atoms with E-state index in [9.17, 15) is 8.42 Å². The van der Waals surface area contributed by atoms with Crippen LogP contribution in [-0.4, -0.2) is 25.8 Å². The van der Waals surface area contributed by atoms with Gasteiger partial charge in [0.2, 0.25) is 10.0 Å².